The first-order chi connectivity index (χ1) is 19.3. The molecule has 1 fully saturated rings. The fourth-order valence-electron chi connectivity index (χ4n) is 5.16. The summed E-state index contributed by atoms with van der Waals surface area (Å²) < 4.78 is 4.91. The zero-order valence-electron chi connectivity index (χ0n) is 25.5. The third kappa shape index (κ3) is 12.1. The molecule has 0 aromatic carbocycles. The van der Waals surface area contributed by atoms with Gasteiger partial charge in [-0.05, 0) is 32.1 Å². The second kappa shape index (κ2) is 18.8. The van der Waals surface area contributed by atoms with Gasteiger partial charge in [-0.2, -0.15) is 0 Å². The Morgan fingerprint density at radius 1 is 0.951 bits per heavy atom. The van der Waals surface area contributed by atoms with Gasteiger partial charge in [0.25, 0.3) is 0 Å². The molecule has 7 N–H and O–H groups in total. The monoisotopic (exact) mass is 583 g/mol. The maximum atomic E-state index is 13.6. The molecule has 236 valence electrons. The summed E-state index contributed by atoms with van der Waals surface area (Å²) in [7, 11) is 1.19. The molecule has 12 nitrogen and oxygen atoms in total. The molecule has 0 saturated heterocycles. The van der Waals surface area contributed by atoms with Crippen molar-refractivity contribution in [2.75, 3.05) is 20.3 Å². The molecule has 1 aliphatic carbocycles. The average Bonchev–Trinajstić information content (AvgIpc) is 2.94. The minimum absolute atomic E-state index is 0.0701. The van der Waals surface area contributed by atoms with Gasteiger partial charge in [-0.15, -0.1) is 0 Å². The van der Waals surface area contributed by atoms with Crippen molar-refractivity contribution in [3.8, 4) is 0 Å². The van der Waals surface area contributed by atoms with Gasteiger partial charge in [0.1, 0.15) is 12.1 Å². The molecule has 12 heteroatoms. The molecule has 1 aliphatic rings. The lowest BCUT2D eigenvalue weighted by molar-refractivity contribution is -0.163. The molecule has 0 heterocycles. The summed E-state index contributed by atoms with van der Waals surface area (Å²) in [4.78, 5) is 64.8. The predicted octanol–water partition coefficient (Wildman–Crippen LogP) is 0.974. The number of aliphatic hydroxyl groups excluding tert-OH is 1. The molecule has 0 radical (unpaired) electrons. The fraction of sp³-hybridized carbons (Fsp3) is 0.828. The van der Waals surface area contributed by atoms with Crippen LogP contribution in [-0.2, 0) is 28.7 Å². The zero-order chi connectivity index (χ0) is 31.1. The van der Waals surface area contributed by atoms with E-state index in [0.717, 1.165) is 30.1 Å². The molecule has 5 atom stereocenters. The Bertz CT molecular complexity index is 860. The van der Waals surface area contributed by atoms with Crippen LogP contribution in [0, 0.1) is 17.8 Å². The van der Waals surface area contributed by atoms with Gasteiger partial charge < -0.3 is 31.9 Å². The van der Waals surface area contributed by atoms with Gasteiger partial charge in [-0.1, -0.05) is 65.2 Å². The Morgan fingerprint density at radius 2 is 1.59 bits per heavy atom. The molecule has 0 aliphatic heterocycles. The van der Waals surface area contributed by atoms with Gasteiger partial charge in [0.05, 0.1) is 19.2 Å². The van der Waals surface area contributed by atoms with Gasteiger partial charge in [-0.25, -0.2) is 4.79 Å². The van der Waals surface area contributed by atoms with Gasteiger partial charge >= 0.3 is 5.97 Å². The Morgan fingerprint density at radius 3 is 2.12 bits per heavy atom. The smallest absolute Gasteiger partial charge is 0.329 e. The van der Waals surface area contributed by atoms with E-state index in [9.17, 15) is 29.1 Å². The molecule has 0 spiro atoms. The first kappa shape index (κ1) is 36.5. The Kier molecular flexibility index (Phi) is 16.7. The topological polar surface area (TPSA) is 194 Å². The van der Waals surface area contributed by atoms with Crippen molar-refractivity contribution in [3.63, 3.8) is 0 Å². The van der Waals surface area contributed by atoms with Crippen molar-refractivity contribution in [1.29, 1.82) is 0 Å². The first-order valence-corrected chi connectivity index (χ1v) is 15.0. The van der Waals surface area contributed by atoms with Crippen LogP contribution in [0.25, 0.3) is 0 Å². The molecule has 4 amide bonds. The van der Waals surface area contributed by atoms with E-state index in [1.54, 1.807) is 13.8 Å². The molecule has 1 saturated carbocycles. The summed E-state index contributed by atoms with van der Waals surface area (Å²) in [5.41, 5.74) is 11.7. The van der Waals surface area contributed by atoms with Crippen molar-refractivity contribution in [2.45, 2.75) is 116 Å². The van der Waals surface area contributed by atoms with Crippen LogP contribution in [0.3, 0.4) is 0 Å². The van der Waals surface area contributed by atoms with Crippen LogP contribution in [0.1, 0.15) is 91.9 Å². The van der Waals surface area contributed by atoms with Crippen molar-refractivity contribution >= 4 is 29.6 Å². The molecular formula is C29H53N5O7. The second-order valence-electron chi connectivity index (χ2n) is 11.6. The van der Waals surface area contributed by atoms with Crippen molar-refractivity contribution in [2.24, 2.45) is 29.2 Å². The highest BCUT2D eigenvalue weighted by atomic mass is 16.5. The lowest BCUT2D eigenvalue weighted by Gasteiger charge is -2.34. The fourth-order valence-corrected chi connectivity index (χ4v) is 5.16. The summed E-state index contributed by atoms with van der Waals surface area (Å²) in [6.45, 7) is 5.58. The van der Waals surface area contributed by atoms with Crippen LogP contribution in [0.15, 0.2) is 0 Å². The number of imide groups is 1. The van der Waals surface area contributed by atoms with E-state index in [2.05, 4.69) is 10.6 Å². The molecule has 0 bridgehead atoms. The van der Waals surface area contributed by atoms with Crippen LogP contribution < -0.4 is 22.1 Å². The summed E-state index contributed by atoms with van der Waals surface area (Å²) in [5.74, 6) is -3.82. The highest BCUT2D eigenvalue weighted by molar-refractivity contribution is 6.01. The van der Waals surface area contributed by atoms with E-state index in [-0.39, 0.29) is 13.0 Å². The SMILES string of the molecule is COC(=O)C(C(C)C)N(C(=O)CCCCCC1CCCCC1)C(=O)C(N)C(CO)CNC(=O)[C@H](C)NC(=O)[C@H](C)N. The number of esters is 1. The van der Waals surface area contributed by atoms with Gasteiger partial charge in [0.2, 0.25) is 23.6 Å². The summed E-state index contributed by atoms with van der Waals surface area (Å²) >= 11 is 0. The van der Waals surface area contributed by atoms with Crippen LogP contribution in [0.5, 0.6) is 0 Å². The van der Waals surface area contributed by atoms with Crippen LogP contribution >= 0.6 is 0 Å². The maximum absolute atomic E-state index is 13.6. The lowest BCUT2D eigenvalue weighted by Crippen LogP contribution is -2.59. The number of nitrogens with one attached hydrogen (secondary N) is 2. The highest BCUT2D eigenvalue weighted by Crippen LogP contribution is 2.28. The van der Waals surface area contributed by atoms with E-state index in [4.69, 9.17) is 16.2 Å². The number of methoxy groups -OCH3 is 1. The van der Waals surface area contributed by atoms with Crippen LogP contribution in [0.4, 0.5) is 0 Å². The minimum Gasteiger partial charge on any atom is -0.467 e. The number of carbonyl (C=O) groups is 5. The largest absolute Gasteiger partial charge is 0.467 e. The molecular weight excluding hydrogens is 530 g/mol. The minimum atomic E-state index is -1.39. The number of amides is 4. The summed E-state index contributed by atoms with van der Waals surface area (Å²) in [6, 6.07) is -4.29. The molecule has 0 aromatic heterocycles. The Hall–Kier alpha value is -2.57. The number of aliphatic hydroxyl groups is 1. The number of hydrogen-bond donors (Lipinski definition) is 5. The Labute approximate surface area is 244 Å². The summed E-state index contributed by atoms with van der Waals surface area (Å²) in [5, 5.41) is 15.0. The van der Waals surface area contributed by atoms with Gasteiger partial charge in [-0.3, -0.25) is 24.1 Å². The van der Waals surface area contributed by atoms with Crippen molar-refractivity contribution in [3.05, 3.63) is 0 Å². The third-order valence-corrected chi connectivity index (χ3v) is 7.82. The number of carbonyl (C=O) groups excluding carboxylic acids is 5. The van der Waals surface area contributed by atoms with Gasteiger partial charge in [0.15, 0.2) is 0 Å². The molecule has 1 rings (SSSR count). The van der Waals surface area contributed by atoms with E-state index in [1.165, 1.54) is 53.1 Å². The Balaban J connectivity index is 2.90. The van der Waals surface area contributed by atoms with Gasteiger partial charge in [0, 0.05) is 25.5 Å². The molecule has 3 unspecified atom stereocenters. The maximum Gasteiger partial charge on any atom is 0.329 e. The average molecular weight is 584 g/mol. The summed E-state index contributed by atoms with van der Waals surface area (Å²) in [6.07, 6.45) is 10.0. The predicted molar refractivity (Wildman–Crippen MR) is 155 cm³/mol. The molecule has 41 heavy (non-hydrogen) atoms. The highest BCUT2D eigenvalue weighted by Gasteiger charge is 2.41. The number of nitrogens with zero attached hydrogens (tertiary/aromatic N) is 1. The van der Waals surface area contributed by atoms with Crippen molar-refractivity contribution in [1.82, 2.24) is 15.5 Å². The van der Waals surface area contributed by atoms with Crippen LogP contribution in [-0.4, -0.2) is 84.0 Å². The van der Waals surface area contributed by atoms with Crippen molar-refractivity contribution < 1.29 is 33.8 Å². The van der Waals surface area contributed by atoms with E-state index >= 15 is 0 Å². The zero-order valence-corrected chi connectivity index (χ0v) is 25.5. The number of rotatable bonds is 17. The normalized spacial score (nSPS) is 17.6. The lowest BCUT2D eigenvalue weighted by atomic mass is 9.85. The van der Waals surface area contributed by atoms with E-state index < -0.39 is 72.2 Å². The van der Waals surface area contributed by atoms with E-state index in [0.29, 0.717) is 6.42 Å². The standard InChI is InChI=1S/C29H53N5O7/c1-18(2)25(29(40)41-5)34(23(36)15-11-7-10-14-21-12-8-6-9-13-21)28(39)24(31)22(17-35)16-32-27(38)20(4)33-26(37)19(3)30/h18-22,24-25,35H,6-17,30-31H2,1-5H3,(H,32,38)(H,33,37)/t19-,20-,22?,24?,25?/m0/s1. The first-order valence-electron chi connectivity index (χ1n) is 15.0. The number of nitrogens with two attached hydrogens (primary N) is 2. The third-order valence-electron chi connectivity index (χ3n) is 7.82. The van der Waals surface area contributed by atoms with Crippen LogP contribution in [0.2, 0.25) is 0 Å². The second-order valence-corrected chi connectivity index (χ2v) is 11.6. The number of ether oxygens (including phenoxy) is 1. The molecule has 0 aromatic rings. The quantitative estimate of drug-likeness (QED) is 0.122. The number of unbranched alkanes of at least 4 members (excludes halogenated alkanes) is 2. The van der Waals surface area contributed by atoms with E-state index in [1.807, 2.05) is 0 Å². The number of hydrogen-bond acceptors (Lipinski definition) is 9.